The van der Waals surface area contributed by atoms with Crippen molar-refractivity contribution in [1.29, 1.82) is 0 Å². The zero-order valence-electron chi connectivity index (χ0n) is 10.1. The van der Waals surface area contributed by atoms with E-state index in [0.29, 0.717) is 6.54 Å². The van der Waals surface area contributed by atoms with E-state index in [4.69, 9.17) is 5.73 Å². The SMILES string of the molecule is CCC(C)(CN)C(O)c1ccc(F)cc1C. The molecule has 0 fully saturated rings. The Hall–Kier alpha value is -0.930. The molecule has 0 aromatic heterocycles. The van der Waals surface area contributed by atoms with Crippen LogP contribution in [0.15, 0.2) is 18.2 Å². The lowest BCUT2D eigenvalue weighted by Crippen LogP contribution is -2.33. The van der Waals surface area contributed by atoms with E-state index in [1.165, 1.54) is 12.1 Å². The van der Waals surface area contributed by atoms with Gasteiger partial charge in [-0.2, -0.15) is 0 Å². The first kappa shape index (κ1) is 13.1. The predicted molar refractivity (Wildman–Crippen MR) is 63.5 cm³/mol. The maximum atomic E-state index is 13.0. The summed E-state index contributed by atoms with van der Waals surface area (Å²) in [5.41, 5.74) is 6.87. The number of aliphatic hydroxyl groups is 1. The van der Waals surface area contributed by atoms with E-state index in [2.05, 4.69) is 0 Å². The van der Waals surface area contributed by atoms with Crippen LogP contribution in [0.2, 0.25) is 0 Å². The highest BCUT2D eigenvalue weighted by molar-refractivity contribution is 5.29. The second-order valence-corrected chi connectivity index (χ2v) is 4.62. The molecule has 0 saturated heterocycles. The fourth-order valence-electron chi connectivity index (χ4n) is 1.77. The highest BCUT2D eigenvalue weighted by atomic mass is 19.1. The lowest BCUT2D eigenvalue weighted by molar-refractivity contribution is 0.0386. The maximum absolute atomic E-state index is 13.0. The molecule has 0 spiro atoms. The number of benzene rings is 1. The average Bonchev–Trinajstić information content (AvgIpc) is 2.27. The van der Waals surface area contributed by atoms with Crippen LogP contribution in [0, 0.1) is 18.2 Å². The van der Waals surface area contributed by atoms with Crippen molar-refractivity contribution in [2.75, 3.05) is 6.54 Å². The van der Waals surface area contributed by atoms with E-state index in [1.807, 2.05) is 13.8 Å². The predicted octanol–water partition coefficient (Wildman–Crippen LogP) is 2.54. The van der Waals surface area contributed by atoms with Crippen LogP contribution in [-0.2, 0) is 0 Å². The van der Waals surface area contributed by atoms with E-state index >= 15 is 0 Å². The Labute approximate surface area is 96.3 Å². The minimum atomic E-state index is -0.650. The van der Waals surface area contributed by atoms with Crippen molar-refractivity contribution in [1.82, 2.24) is 0 Å². The highest BCUT2D eigenvalue weighted by Crippen LogP contribution is 2.37. The first-order chi connectivity index (χ1) is 7.44. The molecule has 0 amide bonds. The standard InChI is InChI=1S/C13H20FNO/c1-4-13(3,8-15)12(16)11-6-5-10(14)7-9(11)2/h5-7,12,16H,4,8,15H2,1-3H3. The quantitative estimate of drug-likeness (QED) is 0.827. The number of rotatable bonds is 4. The third-order valence-corrected chi connectivity index (χ3v) is 3.46. The molecule has 1 rings (SSSR count). The maximum Gasteiger partial charge on any atom is 0.123 e. The van der Waals surface area contributed by atoms with Crippen LogP contribution in [-0.4, -0.2) is 11.7 Å². The van der Waals surface area contributed by atoms with Gasteiger partial charge in [0.2, 0.25) is 0 Å². The molecule has 0 saturated carbocycles. The van der Waals surface area contributed by atoms with E-state index < -0.39 is 6.10 Å². The molecular formula is C13H20FNO. The van der Waals surface area contributed by atoms with Crippen LogP contribution in [0.1, 0.15) is 37.5 Å². The Balaban J connectivity index is 3.08. The fourth-order valence-corrected chi connectivity index (χ4v) is 1.77. The molecule has 90 valence electrons. The summed E-state index contributed by atoms with van der Waals surface area (Å²) >= 11 is 0. The zero-order chi connectivity index (χ0) is 12.3. The second-order valence-electron chi connectivity index (χ2n) is 4.62. The van der Waals surface area contributed by atoms with Gasteiger partial charge in [-0.15, -0.1) is 0 Å². The molecular weight excluding hydrogens is 205 g/mol. The van der Waals surface area contributed by atoms with Crippen molar-refractivity contribution < 1.29 is 9.50 Å². The molecule has 0 aliphatic carbocycles. The van der Waals surface area contributed by atoms with E-state index in [-0.39, 0.29) is 11.2 Å². The molecule has 2 atom stereocenters. The summed E-state index contributed by atoms with van der Waals surface area (Å²) in [5.74, 6) is -0.278. The van der Waals surface area contributed by atoms with E-state index in [0.717, 1.165) is 17.5 Å². The minimum absolute atomic E-state index is 0.278. The largest absolute Gasteiger partial charge is 0.388 e. The Morgan fingerprint density at radius 3 is 2.56 bits per heavy atom. The number of hydrogen-bond donors (Lipinski definition) is 2. The molecule has 3 heteroatoms. The summed E-state index contributed by atoms with van der Waals surface area (Å²) in [6.45, 7) is 6.14. The first-order valence-corrected chi connectivity index (χ1v) is 5.59. The van der Waals surface area contributed by atoms with Crippen LogP contribution in [0.4, 0.5) is 4.39 Å². The molecule has 1 aromatic carbocycles. The summed E-state index contributed by atoms with van der Waals surface area (Å²) in [7, 11) is 0. The van der Waals surface area contributed by atoms with Crippen molar-refractivity contribution >= 4 is 0 Å². The van der Waals surface area contributed by atoms with Crippen molar-refractivity contribution in [3.63, 3.8) is 0 Å². The van der Waals surface area contributed by atoms with Gasteiger partial charge in [-0.25, -0.2) is 4.39 Å². The van der Waals surface area contributed by atoms with Gasteiger partial charge in [-0.3, -0.25) is 0 Å². The molecule has 1 aromatic rings. The highest BCUT2D eigenvalue weighted by Gasteiger charge is 2.31. The number of nitrogens with two attached hydrogens (primary N) is 1. The Morgan fingerprint density at radius 1 is 1.50 bits per heavy atom. The average molecular weight is 225 g/mol. The van der Waals surface area contributed by atoms with Crippen LogP contribution in [0.3, 0.4) is 0 Å². The summed E-state index contributed by atoms with van der Waals surface area (Å²) in [4.78, 5) is 0. The number of aliphatic hydroxyl groups excluding tert-OH is 1. The van der Waals surface area contributed by atoms with Crippen LogP contribution >= 0.6 is 0 Å². The van der Waals surface area contributed by atoms with E-state index in [9.17, 15) is 9.50 Å². The molecule has 0 radical (unpaired) electrons. The monoisotopic (exact) mass is 225 g/mol. The van der Waals surface area contributed by atoms with Gasteiger partial charge in [-0.05, 0) is 36.6 Å². The summed E-state index contributed by atoms with van der Waals surface area (Å²) in [6, 6.07) is 4.45. The lowest BCUT2D eigenvalue weighted by Gasteiger charge is -2.33. The van der Waals surface area contributed by atoms with Crippen molar-refractivity contribution in [3.05, 3.63) is 35.1 Å². The van der Waals surface area contributed by atoms with Crippen LogP contribution < -0.4 is 5.73 Å². The van der Waals surface area contributed by atoms with Gasteiger partial charge in [0.15, 0.2) is 0 Å². The number of halogens is 1. The van der Waals surface area contributed by atoms with Gasteiger partial charge in [0.25, 0.3) is 0 Å². The number of hydrogen-bond acceptors (Lipinski definition) is 2. The Morgan fingerprint density at radius 2 is 2.12 bits per heavy atom. The molecule has 3 N–H and O–H groups in total. The third-order valence-electron chi connectivity index (χ3n) is 3.46. The molecule has 16 heavy (non-hydrogen) atoms. The molecule has 2 nitrogen and oxygen atoms in total. The summed E-state index contributed by atoms with van der Waals surface area (Å²) in [5, 5.41) is 10.3. The molecule has 0 aliphatic heterocycles. The van der Waals surface area contributed by atoms with Crippen LogP contribution in [0.5, 0.6) is 0 Å². The van der Waals surface area contributed by atoms with Crippen molar-refractivity contribution in [2.45, 2.75) is 33.3 Å². The normalized spacial score (nSPS) is 16.9. The van der Waals surface area contributed by atoms with Gasteiger partial charge in [0, 0.05) is 12.0 Å². The molecule has 0 bridgehead atoms. The summed E-state index contributed by atoms with van der Waals surface area (Å²) < 4.78 is 13.0. The lowest BCUT2D eigenvalue weighted by atomic mass is 9.77. The Kier molecular flexibility index (Phi) is 4.05. The molecule has 0 heterocycles. The first-order valence-electron chi connectivity index (χ1n) is 5.59. The molecule has 0 aliphatic rings. The third kappa shape index (κ3) is 2.42. The minimum Gasteiger partial charge on any atom is -0.388 e. The van der Waals surface area contributed by atoms with Crippen molar-refractivity contribution in [2.24, 2.45) is 11.1 Å². The van der Waals surface area contributed by atoms with Gasteiger partial charge < -0.3 is 10.8 Å². The van der Waals surface area contributed by atoms with Gasteiger partial charge in [0.1, 0.15) is 5.82 Å². The number of aryl methyl sites for hydroxylation is 1. The Bertz CT molecular complexity index is 361. The van der Waals surface area contributed by atoms with Gasteiger partial charge in [-0.1, -0.05) is 19.9 Å². The second kappa shape index (κ2) is 4.93. The van der Waals surface area contributed by atoms with Crippen LogP contribution in [0.25, 0.3) is 0 Å². The van der Waals surface area contributed by atoms with Crippen molar-refractivity contribution in [3.8, 4) is 0 Å². The smallest absolute Gasteiger partial charge is 0.123 e. The topological polar surface area (TPSA) is 46.2 Å². The van der Waals surface area contributed by atoms with Gasteiger partial charge >= 0.3 is 0 Å². The van der Waals surface area contributed by atoms with Gasteiger partial charge in [0.05, 0.1) is 6.10 Å². The zero-order valence-corrected chi connectivity index (χ0v) is 10.1. The fraction of sp³-hybridized carbons (Fsp3) is 0.538. The summed E-state index contributed by atoms with van der Waals surface area (Å²) in [6.07, 6.45) is 0.129. The molecule has 2 unspecified atom stereocenters. The van der Waals surface area contributed by atoms with E-state index in [1.54, 1.807) is 13.0 Å².